The third-order valence-corrected chi connectivity index (χ3v) is 2.34. The van der Waals surface area contributed by atoms with Gasteiger partial charge in [0, 0.05) is 6.92 Å². The topological polar surface area (TPSA) is 66.4 Å². The van der Waals surface area contributed by atoms with Gasteiger partial charge in [-0.15, -0.1) is 0 Å². The van der Waals surface area contributed by atoms with Gasteiger partial charge >= 0.3 is 5.97 Å². The number of hydrogen-bond acceptors (Lipinski definition) is 2. The number of rotatable bonds is 4. The Bertz CT molecular complexity index is 429. The van der Waals surface area contributed by atoms with E-state index in [2.05, 4.69) is 5.32 Å². The minimum absolute atomic E-state index is 0.231. The highest BCUT2D eigenvalue weighted by molar-refractivity contribution is 5.75. The largest absolute Gasteiger partial charge is 0.481 e. The molecular weight excluding hydrogens is 225 g/mol. The number of amides is 1. The monoisotopic (exact) mass is 239 g/mol. The van der Waals surface area contributed by atoms with Gasteiger partial charge in [-0.3, -0.25) is 9.59 Å². The molecule has 2 N–H and O–H groups in total. The average molecular weight is 239 g/mol. The van der Waals surface area contributed by atoms with Crippen molar-refractivity contribution in [2.45, 2.75) is 26.3 Å². The summed E-state index contributed by atoms with van der Waals surface area (Å²) in [6.07, 6.45) is -0.231. The fourth-order valence-electron chi connectivity index (χ4n) is 1.56. The molecule has 0 spiro atoms. The van der Waals surface area contributed by atoms with E-state index in [-0.39, 0.29) is 18.1 Å². The summed E-state index contributed by atoms with van der Waals surface area (Å²) >= 11 is 0. The van der Waals surface area contributed by atoms with Gasteiger partial charge in [-0.25, -0.2) is 4.39 Å². The third-order valence-electron chi connectivity index (χ3n) is 2.34. The maximum Gasteiger partial charge on any atom is 0.305 e. The Morgan fingerprint density at radius 1 is 1.47 bits per heavy atom. The van der Waals surface area contributed by atoms with Crippen LogP contribution in [0.4, 0.5) is 4.39 Å². The molecule has 0 aliphatic heterocycles. The molecular formula is C12H14FNO3. The smallest absolute Gasteiger partial charge is 0.305 e. The first-order chi connectivity index (χ1) is 7.90. The molecule has 0 saturated heterocycles. The summed E-state index contributed by atoms with van der Waals surface area (Å²) < 4.78 is 13.1. The van der Waals surface area contributed by atoms with Crippen LogP contribution in [0.2, 0.25) is 0 Å². The van der Waals surface area contributed by atoms with Gasteiger partial charge in [0.25, 0.3) is 0 Å². The first-order valence-corrected chi connectivity index (χ1v) is 5.15. The molecule has 0 saturated carbocycles. The second kappa shape index (κ2) is 5.43. The van der Waals surface area contributed by atoms with Gasteiger partial charge in [0.05, 0.1) is 12.5 Å². The molecule has 0 fully saturated rings. The second-order valence-corrected chi connectivity index (χ2v) is 3.86. The van der Waals surface area contributed by atoms with Crippen LogP contribution in [0.15, 0.2) is 18.2 Å². The van der Waals surface area contributed by atoms with Gasteiger partial charge in [0.15, 0.2) is 0 Å². The maximum atomic E-state index is 13.1. The lowest BCUT2D eigenvalue weighted by atomic mass is 10.0. The molecule has 0 radical (unpaired) electrons. The van der Waals surface area contributed by atoms with Crippen LogP contribution in [0.3, 0.4) is 0 Å². The minimum atomic E-state index is -1.02. The van der Waals surface area contributed by atoms with Gasteiger partial charge in [0.1, 0.15) is 5.82 Å². The molecule has 1 atom stereocenters. The van der Waals surface area contributed by atoms with Crippen LogP contribution in [0, 0.1) is 12.7 Å². The van der Waals surface area contributed by atoms with Crippen LogP contribution in [0.1, 0.15) is 30.5 Å². The highest BCUT2D eigenvalue weighted by atomic mass is 19.1. The minimum Gasteiger partial charge on any atom is -0.481 e. The zero-order chi connectivity index (χ0) is 13.0. The molecule has 0 heterocycles. The van der Waals surface area contributed by atoms with Crippen molar-refractivity contribution in [3.63, 3.8) is 0 Å². The van der Waals surface area contributed by atoms with Gasteiger partial charge in [-0.05, 0) is 24.1 Å². The zero-order valence-corrected chi connectivity index (χ0v) is 9.66. The van der Waals surface area contributed by atoms with Crippen molar-refractivity contribution >= 4 is 11.9 Å². The van der Waals surface area contributed by atoms with Crippen molar-refractivity contribution < 1.29 is 19.1 Å². The fourth-order valence-corrected chi connectivity index (χ4v) is 1.56. The van der Waals surface area contributed by atoms with Gasteiger partial charge < -0.3 is 10.4 Å². The first kappa shape index (κ1) is 13.2. The lowest BCUT2D eigenvalue weighted by molar-refractivity contribution is -0.137. The Morgan fingerprint density at radius 2 is 2.12 bits per heavy atom. The third kappa shape index (κ3) is 3.86. The van der Waals surface area contributed by atoms with Crippen LogP contribution >= 0.6 is 0 Å². The lowest BCUT2D eigenvalue weighted by Crippen LogP contribution is -2.28. The fraction of sp³-hybridized carbons (Fsp3) is 0.333. The quantitative estimate of drug-likeness (QED) is 0.841. The standard InChI is InChI=1S/C12H14FNO3/c1-7-5-9(3-4-10(7)13)11(6-12(16)17)14-8(2)15/h3-5,11H,6H2,1-2H3,(H,14,15)(H,16,17)/t11-/m0/s1. The Morgan fingerprint density at radius 3 is 2.59 bits per heavy atom. The molecule has 0 unspecified atom stereocenters. The molecule has 1 rings (SSSR count). The van der Waals surface area contributed by atoms with Gasteiger partial charge in [0.2, 0.25) is 5.91 Å². The maximum absolute atomic E-state index is 13.1. The molecule has 5 heteroatoms. The van der Waals surface area contributed by atoms with E-state index >= 15 is 0 Å². The average Bonchev–Trinajstić information content (AvgIpc) is 2.19. The normalized spacial score (nSPS) is 11.9. The van der Waals surface area contributed by atoms with E-state index in [0.29, 0.717) is 11.1 Å². The molecule has 92 valence electrons. The number of aliphatic carboxylic acids is 1. The van der Waals surface area contributed by atoms with Gasteiger partial charge in [-0.2, -0.15) is 0 Å². The molecule has 17 heavy (non-hydrogen) atoms. The number of carbonyl (C=O) groups is 2. The number of carboxylic acids is 1. The van der Waals surface area contributed by atoms with Crippen molar-refractivity contribution in [1.29, 1.82) is 0 Å². The van der Waals surface area contributed by atoms with Crippen molar-refractivity contribution in [2.75, 3.05) is 0 Å². The highest BCUT2D eigenvalue weighted by Gasteiger charge is 2.17. The van der Waals surface area contributed by atoms with Gasteiger partial charge in [-0.1, -0.05) is 12.1 Å². The molecule has 4 nitrogen and oxygen atoms in total. The van der Waals surface area contributed by atoms with Crippen LogP contribution in [0.25, 0.3) is 0 Å². The number of carboxylic acid groups (broad SMARTS) is 1. The van der Waals surface area contributed by atoms with E-state index in [1.807, 2.05) is 0 Å². The second-order valence-electron chi connectivity index (χ2n) is 3.86. The summed E-state index contributed by atoms with van der Waals surface area (Å²) in [5, 5.41) is 11.3. The number of aryl methyl sites for hydroxylation is 1. The van der Waals surface area contributed by atoms with Crippen LogP contribution in [-0.2, 0) is 9.59 Å². The zero-order valence-electron chi connectivity index (χ0n) is 9.66. The Balaban J connectivity index is 2.98. The van der Waals surface area contributed by atoms with E-state index in [1.165, 1.54) is 19.1 Å². The molecule has 0 aliphatic rings. The SMILES string of the molecule is CC(=O)N[C@@H](CC(=O)O)c1ccc(F)c(C)c1. The Kier molecular flexibility index (Phi) is 4.20. The van der Waals surface area contributed by atoms with Crippen LogP contribution in [-0.4, -0.2) is 17.0 Å². The van der Waals surface area contributed by atoms with Crippen molar-refractivity contribution in [1.82, 2.24) is 5.32 Å². The number of nitrogens with one attached hydrogen (secondary N) is 1. The summed E-state index contributed by atoms with van der Waals surface area (Å²) in [4.78, 5) is 21.7. The summed E-state index contributed by atoms with van der Waals surface area (Å²) in [6.45, 7) is 2.90. The van der Waals surface area contributed by atoms with E-state index in [0.717, 1.165) is 0 Å². The molecule has 0 aliphatic carbocycles. The number of hydrogen-bond donors (Lipinski definition) is 2. The predicted molar refractivity (Wildman–Crippen MR) is 59.9 cm³/mol. The predicted octanol–water partition coefficient (Wildman–Crippen LogP) is 1.79. The number of halogens is 1. The Hall–Kier alpha value is -1.91. The molecule has 1 aromatic carbocycles. The highest BCUT2D eigenvalue weighted by Crippen LogP contribution is 2.19. The number of benzene rings is 1. The Labute approximate surface area is 98.5 Å². The first-order valence-electron chi connectivity index (χ1n) is 5.15. The summed E-state index contributed by atoms with van der Waals surface area (Å²) in [5.41, 5.74) is 1.00. The van der Waals surface area contributed by atoms with E-state index < -0.39 is 12.0 Å². The summed E-state index contributed by atoms with van der Waals surface area (Å²) in [5.74, 6) is -1.70. The molecule has 1 aromatic rings. The van der Waals surface area contributed by atoms with Crippen molar-refractivity contribution in [3.8, 4) is 0 Å². The van der Waals surface area contributed by atoms with E-state index in [1.54, 1.807) is 13.0 Å². The van der Waals surface area contributed by atoms with Crippen molar-refractivity contribution in [2.24, 2.45) is 0 Å². The van der Waals surface area contributed by atoms with Crippen molar-refractivity contribution in [3.05, 3.63) is 35.1 Å². The van der Waals surface area contributed by atoms with Crippen LogP contribution < -0.4 is 5.32 Å². The molecule has 0 aromatic heterocycles. The van der Waals surface area contributed by atoms with E-state index in [9.17, 15) is 14.0 Å². The molecule has 0 bridgehead atoms. The summed E-state index contributed by atoms with van der Waals surface area (Å²) in [6, 6.07) is 3.65. The lowest BCUT2D eigenvalue weighted by Gasteiger charge is -2.16. The summed E-state index contributed by atoms with van der Waals surface area (Å²) in [7, 11) is 0. The van der Waals surface area contributed by atoms with Crippen LogP contribution in [0.5, 0.6) is 0 Å². The van der Waals surface area contributed by atoms with E-state index in [4.69, 9.17) is 5.11 Å². The molecule has 1 amide bonds. The number of carbonyl (C=O) groups excluding carboxylic acids is 1.